The Morgan fingerprint density at radius 1 is 1.44 bits per heavy atom. The third-order valence-corrected chi connectivity index (χ3v) is 3.26. The van der Waals surface area contributed by atoms with E-state index < -0.39 is 24.7 Å². The number of halogens is 3. The maximum atomic E-state index is 12.5. The van der Waals surface area contributed by atoms with Crippen molar-refractivity contribution >= 4 is 5.91 Å². The Balaban J connectivity index is 2.65. The number of nitrogens with zero attached hydrogens (tertiary/aromatic N) is 1. The molecule has 1 heterocycles. The van der Waals surface area contributed by atoms with E-state index in [1.807, 2.05) is 13.8 Å². The van der Waals surface area contributed by atoms with Gasteiger partial charge in [-0.2, -0.15) is 13.2 Å². The number of hydrogen-bond acceptors (Lipinski definition) is 2. The zero-order valence-electron chi connectivity index (χ0n) is 10.9. The number of carbonyl (C=O) groups is 1. The molecular formula is C12H21F3N2O. The summed E-state index contributed by atoms with van der Waals surface area (Å²) in [7, 11) is 0. The normalized spacial score (nSPS) is 24.3. The number of nitrogens with one attached hydrogen (secondary N) is 1. The molecule has 1 aliphatic heterocycles. The lowest BCUT2D eigenvalue weighted by molar-refractivity contribution is -0.162. The molecule has 2 unspecified atom stereocenters. The topological polar surface area (TPSA) is 32.3 Å². The molecule has 3 nitrogen and oxygen atoms in total. The van der Waals surface area contributed by atoms with Crippen LogP contribution in [0.4, 0.5) is 13.2 Å². The number of hydrogen-bond donors (Lipinski definition) is 1. The fraction of sp³-hybridized carbons (Fsp3) is 0.917. The highest BCUT2D eigenvalue weighted by Crippen LogP contribution is 2.21. The quantitative estimate of drug-likeness (QED) is 0.827. The van der Waals surface area contributed by atoms with Crippen molar-refractivity contribution in [2.24, 2.45) is 5.92 Å². The first kappa shape index (κ1) is 15.3. The monoisotopic (exact) mass is 266 g/mol. The largest absolute Gasteiger partial charge is 0.406 e. The van der Waals surface area contributed by atoms with Gasteiger partial charge in [0, 0.05) is 6.54 Å². The van der Waals surface area contributed by atoms with Crippen molar-refractivity contribution in [1.82, 2.24) is 10.2 Å². The second-order valence-corrected chi connectivity index (χ2v) is 4.93. The summed E-state index contributed by atoms with van der Waals surface area (Å²) in [6.07, 6.45) is -2.12. The van der Waals surface area contributed by atoms with Gasteiger partial charge in [-0.05, 0) is 25.3 Å². The van der Waals surface area contributed by atoms with E-state index in [1.54, 1.807) is 0 Å². The predicted molar refractivity (Wildman–Crippen MR) is 63.1 cm³/mol. The molecule has 1 saturated heterocycles. The van der Waals surface area contributed by atoms with Gasteiger partial charge in [-0.1, -0.05) is 20.3 Å². The van der Waals surface area contributed by atoms with Gasteiger partial charge in [0.05, 0.1) is 6.04 Å². The second-order valence-electron chi connectivity index (χ2n) is 4.93. The van der Waals surface area contributed by atoms with Crippen molar-refractivity contribution in [2.45, 2.75) is 45.3 Å². The average molecular weight is 266 g/mol. The lowest BCUT2D eigenvalue weighted by Crippen LogP contribution is -2.49. The molecule has 1 fully saturated rings. The summed E-state index contributed by atoms with van der Waals surface area (Å²) in [4.78, 5) is 13.1. The third kappa shape index (κ3) is 4.48. The summed E-state index contributed by atoms with van der Waals surface area (Å²) >= 11 is 0. The van der Waals surface area contributed by atoms with Crippen molar-refractivity contribution in [3.63, 3.8) is 0 Å². The van der Waals surface area contributed by atoms with Crippen LogP contribution < -0.4 is 5.32 Å². The van der Waals surface area contributed by atoms with E-state index in [2.05, 4.69) is 5.32 Å². The van der Waals surface area contributed by atoms with Crippen molar-refractivity contribution < 1.29 is 18.0 Å². The van der Waals surface area contributed by atoms with Crippen LogP contribution in [-0.4, -0.2) is 42.7 Å². The standard InChI is InChI=1S/C12H21F3N2O/c1-3-4-7-17(8-12(13,14)15)11(18)10-9(2)5-6-16-10/h9-10,16H,3-8H2,1-2H3. The molecule has 0 radical (unpaired) electrons. The number of unbranched alkanes of at least 4 members (excludes halogenated alkanes) is 1. The number of rotatable bonds is 5. The molecule has 0 aliphatic carbocycles. The molecule has 0 aromatic carbocycles. The highest BCUT2D eigenvalue weighted by Gasteiger charge is 2.37. The van der Waals surface area contributed by atoms with Crippen molar-refractivity contribution in [3.05, 3.63) is 0 Å². The molecule has 1 amide bonds. The van der Waals surface area contributed by atoms with Gasteiger partial charge in [0.25, 0.3) is 0 Å². The Morgan fingerprint density at radius 3 is 2.56 bits per heavy atom. The molecular weight excluding hydrogens is 245 g/mol. The van der Waals surface area contributed by atoms with E-state index in [1.165, 1.54) is 0 Å². The first-order chi connectivity index (χ1) is 8.35. The highest BCUT2D eigenvalue weighted by molar-refractivity contribution is 5.82. The maximum Gasteiger partial charge on any atom is 0.406 e. The van der Waals surface area contributed by atoms with Gasteiger partial charge < -0.3 is 10.2 Å². The Hall–Kier alpha value is -0.780. The summed E-state index contributed by atoms with van der Waals surface area (Å²) in [5.41, 5.74) is 0. The molecule has 1 N–H and O–H groups in total. The van der Waals surface area contributed by atoms with Crippen LogP contribution in [0, 0.1) is 5.92 Å². The Bertz CT molecular complexity index is 281. The second kappa shape index (κ2) is 6.41. The number of amides is 1. The first-order valence-corrected chi connectivity index (χ1v) is 6.44. The molecule has 0 aromatic rings. The van der Waals surface area contributed by atoms with Crippen LogP contribution in [0.25, 0.3) is 0 Å². The molecule has 106 valence electrons. The van der Waals surface area contributed by atoms with E-state index in [0.29, 0.717) is 13.0 Å². The van der Waals surface area contributed by atoms with Crippen molar-refractivity contribution in [1.29, 1.82) is 0 Å². The fourth-order valence-corrected chi connectivity index (χ4v) is 2.19. The minimum atomic E-state index is -4.33. The lowest BCUT2D eigenvalue weighted by atomic mass is 10.0. The maximum absolute atomic E-state index is 12.5. The molecule has 0 spiro atoms. The first-order valence-electron chi connectivity index (χ1n) is 6.44. The zero-order chi connectivity index (χ0) is 13.8. The molecule has 0 bridgehead atoms. The van der Waals surface area contributed by atoms with E-state index in [0.717, 1.165) is 17.7 Å². The molecule has 18 heavy (non-hydrogen) atoms. The minimum Gasteiger partial charge on any atom is -0.332 e. The molecule has 0 aromatic heterocycles. The molecule has 6 heteroatoms. The molecule has 1 aliphatic rings. The van der Waals surface area contributed by atoms with Crippen LogP contribution in [0.5, 0.6) is 0 Å². The summed E-state index contributed by atoms with van der Waals surface area (Å²) < 4.78 is 37.4. The summed E-state index contributed by atoms with van der Waals surface area (Å²) in [5.74, 6) is -0.305. The van der Waals surface area contributed by atoms with Gasteiger partial charge in [0.1, 0.15) is 6.54 Å². The van der Waals surface area contributed by atoms with E-state index in [4.69, 9.17) is 0 Å². The van der Waals surface area contributed by atoms with Crippen LogP contribution in [0.2, 0.25) is 0 Å². The van der Waals surface area contributed by atoms with Crippen LogP contribution in [-0.2, 0) is 4.79 Å². The molecule has 0 saturated carbocycles. The van der Waals surface area contributed by atoms with E-state index in [-0.39, 0.29) is 12.5 Å². The highest BCUT2D eigenvalue weighted by atomic mass is 19.4. The SMILES string of the molecule is CCCCN(CC(F)(F)F)C(=O)C1NCCC1C. The summed E-state index contributed by atoms with van der Waals surface area (Å²) in [6, 6.07) is -0.454. The van der Waals surface area contributed by atoms with Crippen LogP contribution in [0.3, 0.4) is 0 Å². The van der Waals surface area contributed by atoms with Gasteiger partial charge in [-0.25, -0.2) is 0 Å². The Morgan fingerprint density at radius 2 is 2.11 bits per heavy atom. The van der Waals surface area contributed by atoms with Gasteiger partial charge in [-0.15, -0.1) is 0 Å². The predicted octanol–water partition coefficient (Wildman–Crippen LogP) is 2.18. The molecule has 2 atom stereocenters. The van der Waals surface area contributed by atoms with E-state index in [9.17, 15) is 18.0 Å². The minimum absolute atomic E-state index is 0.106. The van der Waals surface area contributed by atoms with Crippen LogP contribution in [0.1, 0.15) is 33.1 Å². The fourth-order valence-electron chi connectivity index (χ4n) is 2.19. The lowest BCUT2D eigenvalue weighted by Gasteiger charge is -2.28. The Kier molecular flexibility index (Phi) is 5.44. The number of carbonyl (C=O) groups excluding carboxylic acids is 1. The van der Waals surface area contributed by atoms with Crippen molar-refractivity contribution in [2.75, 3.05) is 19.6 Å². The number of alkyl halides is 3. The summed E-state index contributed by atoms with van der Waals surface area (Å²) in [5, 5.41) is 2.99. The van der Waals surface area contributed by atoms with Gasteiger partial charge in [-0.3, -0.25) is 4.79 Å². The van der Waals surface area contributed by atoms with Gasteiger partial charge >= 0.3 is 6.18 Å². The smallest absolute Gasteiger partial charge is 0.332 e. The van der Waals surface area contributed by atoms with Gasteiger partial charge in [0.2, 0.25) is 5.91 Å². The van der Waals surface area contributed by atoms with Crippen LogP contribution in [0.15, 0.2) is 0 Å². The van der Waals surface area contributed by atoms with Crippen molar-refractivity contribution in [3.8, 4) is 0 Å². The van der Waals surface area contributed by atoms with E-state index >= 15 is 0 Å². The third-order valence-electron chi connectivity index (χ3n) is 3.26. The average Bonchev–Trinajstić information content (AvgIpc) is 2.68. The molecule has 1 rings (SSSR count). The van der Waals surface area contributed by atoms with Gasteiger partial charge in [0.15, 0.2) is 0 Å². The Labute approximate surface area is 106 Å². The van der Waals surface area contributed by atoms with Crippen LogP contribution >= 0.6 is 0 Å². The zero-order valence-corrected chi connectivity index (χ0v) is 10.9. The summed E-state index contributed by atoms with van der Waals surface area (Å²) in [6.45, 7) is 3.53.